The van der Waals surface area contributed by atoms with Gasteiger partial charge in [-0.3, -0.25) is 4.79 Å². The van der Waals surface area contributed by atoms with Gasteiger partial charge in [-0.2, -0.15) is 4.31 Å². The van der Waals surface area contributed by atoms with Gasteiger partial charge in [-0.1, -0.05) is 13.8 Å². The molecule has 0 aliphatic rings. The van der Waals surface area contributed by atoms with Crippen LogP contribution in [0.2, 0.25) is 0 Å². The Morgan fingerprint density at radius 3 is 2.32 bits per heavy atom. The van der Waals surface area contributed by atoms with Gasteiger partial charge >= 0.3 is 0 Å². The zero-order valence-electron chi connectivity index (χ0n) is 15.6. The van der Waals surface area contributed by atoms with E-state index < -0.39 is 10.0 Å². The van der Waals surface area contributed by atoms with Crippen LogP contribution in [0.4, 0.5) is 0 Å². The SMILES string of the molecule is CCN(CC)S(=O)(=O)c1ccc(OC)c(C(=O)N(C)CCCOC)c1. The number of carbonyl (C=O) groups excluding carboxylic acids is 1. The van der Waals surface area contributed by atoms with Crippen molar-refractivity contribution in [2.45, 2.75) is 25.2 Å². The van der Waals surface area contributed by atoms with Crippen LogP contribution in [-0.2, 0) is 14.8 Å². The molecule has 0 fully saturated rings. The molecule has 0 aliphatic carbocycles. The molecule has 0 unspecified atom stereocenters. The fourth-order valence-electron chi connectivity index (χ4n) is 2.48. The highest BCUT2D eigenvalue weighted by Crippen LogP contribution is 2.25. The van der Waals surface area contributed by atoms with E-state index in [0.717, 1.165) is 0 Å². The molecule has 25 heavy (non-hydrogen) atoms. The Morgan fingerprint density at radius 2 is 1.80 bits per heavy atom. The molecule has 8 heteroatoms. The first-order valence-corrected chi connectivity index (χ1v) is 9.70. The molecule has 0 saturated heterocycles. The van der Waals surface area contributed by atoms with Gasteiger partial charge < -0.3 is 14.4 Å². The van der Waals surface area contributed by atoms with Crippen molar-refractivity contribution < 1.29 is 22.7 Å². The Kier molecular flexibility index (Phi) is 8.34. The largest absolute Gasteiger partial charge is 0.496 e. The molecular weight excluding hydrogens is 344 g/mol. The number of rotatable bonds is 10. The van der Waals surface area contributed by atoms with E-state index in [-0.39, 0.29) is 16.4 Å². The van der Waals surface area contributed by atoms with Crippen molar-refractivity contribution in [1.82, 2.24) is 9.21 Å². The number of benzene rings is 1. The number of sulfonamides is 1. The first-order chi connectivity index (χ1) is 11.8. The van der Waals surface area contributed by atoms with E-state index in [1.807, 2.05) is 0 Å². The van der Waals surface area contributed by atoms with E-state index in [1.165, 1.54) is 34.5 Å². The Bertz CT molecular complexity index is 672. The van der Waals surface area contributed by atoms with Gasteiger partial charge in [0, 0.05) is 40.4 Å². The van der Waals surface area contributed by atoms with Crippen molar-refractivity contribution in [2.75, 3.05) is 47.5 Å². The maximum absolute atomic E-state index is 12.7. The first-order valence-electron chi connectivity index (χ1n) is 8.26. The van der Waals surface area contributed by atoms with Crippen LogP contribution in [0.5, 0.6) is 5.75 Å². The number of hydrogen-bond donors (Lipinski definition) is 0. The van der Waals surface area contributed by atoms with E-state index in [9.17, 15) is 13.2 Å². The molecule has 0 bridgehead atoms. The van der Waals surface area contributed by atoms with E-state index in [0.29, 0.717) is 38.4 Å². The number of ether oxygens (including phenoxy) is 2. The summed E-state index contributed by atoms with van der Waals surface area (Å²) in [6, 6.07) is 4.38. The van der Waals surface area contributed by atoms with Crippen LogP contribution in [-0.4, -0.2) is 71.0 Å². The van der Waals surface area contributed by atoms with E-state index >= 15 is 0 Å². The number of methoxy groups -OCH3 is 2. The summed E-state index contributed by atoms with van der Waals surface area (Å²) in [4.78, 5) is 14.3. The second kappa shape index (κ2) is 9.74. The van der Waals surface area contributed by atoms with Gasteiger partial charge in [-0.25, -0.2) is 8.42 Å². The number of hydrogen-bond acceptors (Lipinski definition) is 5. The standard InChI is InChI=1S/C17H28N2O5S/c1-6-19(7-2)25(21,22)14-9-10-16(24-5)15(13-14)17(20)18(3)11-8-12-23-4/h9-10,13H,6-8,11-12H2,1-5H3. The van der Waals surface area contributed by atoms with Gasteiger partial charge in [0.2, 0.25) is 10.0 Å². The van der Waals surface area contributed by atoms with E-state index in [2.05, 4.69) is 0 Å². The zero-order valence-corrected chi connectivity index (χ0v) is 16.4. The Labute approximate surface area is 150 Å². The van der Waals surface area contributed by atoms with Gasteiger partial charge in [0.25, 0.3) is 5.91 Å². The van der Waals surface area contributed by atoms with Crippen LogP contribution >= 0.6 is 0 Å². The molecule has 0 aliphatic heterocycles. The Balaban J connectivity index is 3.21. The van der Waals surface area contributed by atoms with Crippen molar-refractivity contribution in [2.24, 2.45) is 0 Å². The minimum Gasteiger partial charge on any atom is -0.496 e. The second-order valence-electron chi connectivity index (χ2n) is 5.52. The zero-order chi connectivity index (χ0) is 19.0. The molecule has 0 radical (unpaired) electrons. The molecule has 1 amide bonds. The summed E-state index contributed by atoms with van der Waals surface area (Å²) in [5.41, 5.74) is 0.232. The van der Waals surface area contributed by atoms with Crippen LogP contribution in [0.15, 0.2) is 23.1 Å². The molecule has 0 N–H and O–H groups in total. The third-order valence-electron chi connectivity index (χ3n) is 3.93. The fraction of sp³-hybridized carbons (Fsp3) is 0.588. The normalized spacial score (nSPS) is 11.6. The predicted molar refractivity (Wildman–Crippen MR) is 96.6 cm³/mol. The monoisotopic (exact) mass is 372 g/mol. The highest BCUT2D eigenvalue weighted by molar-refractivity contribution is 7.89. The van der Waals surface area contributed by atoms with Gasteiger partial charge in [0.05, 0.1) is 17.6 Å². The van der Waals surface area contributed by atoms with Crippen LogP contribution in [0.1, 0.15) is 30.6 Å². The van der Waals surface area contributed by atoms with Gasteiger partial charge in [-0.15, -0.1) is 0 Å². The van der Waals surface area contributed by atoms with Gasteiger partial charge in [0.1, 0.15) is 5.75 Å². The van der Waals surface area contributed by atoms with Crippen LogP contribution in [0.25, 0.3) is 0 Å². The lowest BCUT2D eigenvalue weighted by atomic mass is 10.1. The van der Waals surface area contributed by atoms with Crippen molar-refractivity contribution in [1.29, 1.82) is 0 Å². The summed E-state index contributed by atoms with van der Waals surface area (Å²) in [6.07, 6.45) is 0.693. The summed E-state index contributed by atoms with van der Waals surface area (Å²) in [7, 11) is 1.09. The summed E-state index contributed by atoms with van der Waals surface area (Å²) in [5.74, 6) is 0.0617. The molecule has 0 spiro atoms. The van der Waals surface area contributed by atoms with Crippen LogP contribution in [0, 0.1) is 0 Å². The maximum atomic E-state index is 12.7. The minimum atomic E-state index is -3.64. The Morgan fingerprint density at radius 1 is 1.16 bits per heavy atom. The average molecular weight is 372 g/mol. The summed E-state index contributed by atoms with van der Waals surface area (Å²) in [6.45, 7) is 5.34. The fourth-order valence-corrected chi connectivity index (χ4v) is 3.97. The maximum Gasteiger partial charge on any atom is 0.257 e. The summed E-state index contributed by atoms with van der Waals surface area (Å²) in [5, 5.41) is 0. The highest BCUT2D eigenvalue weighted by Gasteiger charge is 2.25. The lowest BCUT2D eigenvalue weighted by Crippen LogP contribution is -2.31. The third kappa shape index (κ3) is 5.17. The highest BCUT2D eigenvalue weighted by atomic mass is 32.2. The van der Waals surface area contributed by atoms with Gasteiger partial charge in [0.15, 0.2) is 0 Å². The Hall–Kier alpha value is -1.64. The number of amides is 1. The number of carbonyl (C=O) groups is 1. The first kappa shape index (κ1) is 21.4. The van der Waals surface area contributed by atoms with Crippen LogP contribution < -0.4 is 4.74 Å². The average Bonchev–Trinajstić information content (AvgIpc) is 2.61. The van der Waals surface area contributed by atoms with Crippen LogP contribution in [0.3, 0.4) is 0 Å². The molecule has 1 aromatic carbocycles. The topological polar surface area (TPSA) is 76.2 Å². The summed E-state index contributed by atoms with van der Waals surface area (Å²) >= 11 is 0. The second-order valence-corrected chi connectivity index (χ2v) is 7.46. The van der Waals surface area contributed by atoms with E-state index in [4.69, 9.17) is 9.47 Å². The van der Waals surface area contributed by atoms with Crippen molar-refractivity contribution in [3.63, 3.8) is 0 Å². The lowest BCUT2D eigenvalue weighted by molar-refractivity contribution is 0.0775. The van der Waals surface area contributed by atoms with Crippen molar-refractivity contribution in [3.05, 3.63) is 23.8 Å². The third-order valence-corrected chi connectivity index (χ3v) is 5.98. The number of nitrogens with zero attached hydrogens (tertiary/aromatic N) is 2. The smallest absolute Gasteiger partial charge is 0.257 e. The molecule has 0 saturated carbocycles. The predicted octanol–water partition coefficient (Wildman–Crippen LogP) is 1.83. The molecule has 7 nitrogen and oxygen atoms in total. The molecule has 1 aromatic rings. The molecular formula is C17H28N2O5S. The molecule has 1 rings (SSSR count). The van der Waals surface area contributed by atoms with Gasteiger partial charge in [-0.05, 0) is 24.6 Å². The van der Waals surface area contributed by atoms with Crippen molar-refractivity contribution >= 4 is 15.9 Å². The minimum absolute atomic E-state index is 0.0886. The van der Waals surface area contributed by atoms with E-state index in [1.54, 1.807) is 28.0 Å². The molecule has 0 heterocycles. The van der Waals surface area contributed by atoms with Crippen molar-refractivity contribution in [3.8, 4) is 5.75 Å². The summed E-state index contributed by atoms with van der Waals surface area (Å²) < 4.78 is 37.0. The quantitative estimate of drug-likeness (QED) is 0.586. The lowest BCUT2D eigenvalue weighted by Gasteiger charge is -2.21. The molecule has 142 valence electrons. The molecule has 0 atom stereocenters. The molecule has 0 aromatic heterocycles.